The summed E-state index contributed by atoms with van der Waals surface area (Å²) >= 11 is 5.38. The molecule has 3 atom stereocenters. The van der Waals surface area contributed by atoms with E-state index in [4.69, 9.17) is 12.2 Å². The summed E-state index contributed by atoms with van der Waals surface area (Å²) in [4.78, 5) is 11.4. The monoisotopic (exact) mass is 304 g/mol. The van der Waals surface area contributed by atoms with E-state index < -0.39 is 0 Å². The molecule has 0 unspecified atom stereocenters. The van der Waals surface area contributed by atoms with Gasteiger partial charge in [0.15, 0.2) is 5.11 Å². The Balaban J connectivity index is 1.54. The molecule has 21 heavy (non-hydrogen) atoms. The van der Waals surface area contributed by atoms with Gasteiger partial charge in [0.05, 0.1) is 12.7 Å². The van der Waals surface area contributed by atoms with Crippen LogP contribution in [0.15, 0.2) is 24.3 Å². The Morgan fingerprint density at radius 3 is 2.57 bits per heavy atom. The molecule has 0 amide bonds. The van der Waals surface area contributed by atoms with Gasteiger partial charge in [0, 0.05) is 11.7 Å². The van der Waals surface area contributed by atoms with Crippen LogP contribution in [0.25, 0.3) is 0 Å². The molecule has 2 N–H and O–H groups in total. The van der Waals surface area contributed by atoms with Gasteiger partial charge < -0.3 is 15.4 Å². The van der Waals surface area contributed by atoms with E-state index in [1.54, 1.807) is 12.1 Å². The van der Waals surface area contributed by atoms with Gasteiger partial charge in [0.1, 0.15) is 0 Å². The number of carbonyl (C=O) groups excluding carboxylic acids is 1. The van der Waals surface area contributed by atoms with Crippen LogP contribution in [0, 0.1) is 11.8 Å². The molecular weight excluding hydrogens is 284 g/mol. The third-order valence-corrected chi connectivity index (χ3v) is 4.84. The predicted octanol–water partition coefficient (Wildman–Crippen LogP) is 2.95. The topological polar surface area (TPSA) is 50.4 Å². The Bertz CT molecular complexity index is 544. The van der Waals surface area contributed by atoms with E-state index in [2.05, 4.69) is 15.4 Å². The Labute approximate surface area is 130 Å². The van der Waals surface area contributed by atoms with Crippen molar-refractivity contribution in [2.24, 2.45) is 11.8 Å². The largest absolute Gasteiger partial charge is 0.465 e. The van der Waals surface area contributed by atoms with E-state index in [0.717, 1.165) is 17.5 Å². The number of benzene rings is 1. The van der Waals surface area contributed by atoms with Gasteiger partial charge in [-0.15, -0.1) is 0 Å². The standard InChI is InChI=1S/C16H20N2O2S/c1-20-15(19)11-4-6-13(7-5-11)17-16(21)18-14-9-10-2-3-12(14)8-10/h4-7,10,12,14H,2-3,8-9H2,1H3,(H2,17,18,21)/t10-,12+,14-/m1/s1. The summed E-state index contributed by atoms with van der Waals surface area (Å²) in [7, 11) is 1.38. The van der Waals surface area contributed by atoms with Gasteiger partial charge >= 0.3 is 5.97 Å². The molecule has 2 fully saturated rings. The first-order valence-electron chi connectivity index (χ1n) is 7.41. The van der Waals surface area contributed by atoms with E-state index >= 15 is 0 Å². The fourth-order valence-electron chi connectivity index (χ4n) is 3.56. The lowest BCUT2D eigenvalue weighted by Crippen LogP contribution is -2.40. The van der Waals surface area contributed by atoms with Crippen molar-refractivity contribution in [1.29, 1.82) is 0 Å². The number of fused-ring (bicyclic) bond motifs is 2. The van der Waals surface area contributed by atoms with Crippen LogP contribution in [-0.4, -0.2) is 24.2 Å². The maximum Gasteiger partial charge on any atom is 0.337 e. The van der Waals surface area contributed by atoms with Crippen molar-refractivity contribution < 1.29 is 9.53 Å². The maximum absolute atomic E-state index is 11.4. The molecule has 3 rings (SSSR count). The smallest absolute Gasteiger partial charge is 0.337 e. The summed E-state index contributed by atoms with van der Waals surface area (Å²) in [5.41, 5.74) is 1.42. The molecule has 5 heteroatoms. The summed E-state index contributed by atoms with van der Waals surface area (Å²) in [5, 5.41) is 7.28. The second-order valence-electron chi connectivity index (χ2n) is 5.95. The zero-order chi connectivity index (χ0) is 14.8. The van der Waals surface area contributed by atoms with Crippen molar-refractivity contribution >= 4 is 29.0 Å². The summed E-state index contributed by atoms with van der Waals surface area (Å²) in [5.74, 6) is 1.36. The van der Waals surface area contributed by atoms with E-state index in [-0.39, 0.29) is 5.97 Å². The first-order chi connectivity index (χ1) is 10.2. The normalized spacial score (nSPS) is 26.4. The maximum atomic E-state index is 11.4. The highest BCUT2D eigenvalue weighted by molar-refractivity contribution is 7.80. The van der Waals surface area contributed by atoms with Crippen LogP contribution in [-0.2, 0) is 4.74 Å². The number of esters is 1. The van der Waals surface area contributed by atoms with Crippen LogP contribution in [0.4, 0.5) is 5.69 Å². The molecule has 0 aromatic heterocycles. The van der Waals surface area contributed by atoms with Crippen molar-refractivity contribution in [2.75, 3.05) is 12.4 Å². The minimum atomic E-state index is -0.329. The van der Waals surface area contributed by atoms with Crippen molar-refractivity contribution in [3.05, 3.63) is 29.8 Å². The van der Waals surface area contributed by atoms with Crippen LogP contribution in [0.3, 0.4) is 0 Å². The van der Waals surface area contributed by atoms with E-state index in [0.29, 0.717) is 16.7 Å². The molecule has 4 nitrogen and oxygen atoms in total. The van der Waals surface area contributed by atoms with E-state index in [9.17, 15) is 4.79 Å². The number of thiocarbonyl (C=S) groups is 1. The van der Waals surface area contributed by atoms with Gasteiger partial charge in [-0.3, -0.25) is 0 Å². The van der Waals surface area contributed by atoms with Gasteiger partial charge in [-0.25, -0.2) is 4.79 Å². The molecule has 1 aromatic rings. The number of ether oxygens (including phenoxy) is 1. The lowest BCUT2D eigenvalue weighted by Gasteiger charge is -2.24. The third-order valence-electron chi connectivity index (χ3n) is 4.62. The van der Waals surface area contributed by atoms with Crippen molar-refractivity contribution in [1.82, 2.24) is 5.32 Å². The first-order valence-corrected chi connectivity index (χ1v) is 7.82. The molecule has 2 aliphatic carbocycles. The molecular formula is C16H20N2O2S. The summed E-state index contributed by atoms with van der Waals surface area (Å²) in [6.07, 6.45) is 5.32. The Hall–Kier alpha value is -1.62. The van der Waals surface area contributed by atoms with Crippen LogP contribution in [0.2, 0.25) is 0 Å². The third kappa shape index (κ3) is 3.18. The molecule has 112 valence electrons. The van der Waals surface area contributed by atoms with Gasteiger partial charge in [0.25, 0.3) is 0 Å². The summed E-state index contributed by atoms with van der Waals surface area (Å²) in [6, 6.07) is 7.66. The van der Waals surface area contributed by atoms with E-state index in [1.165, 1.54) is 32.8 Å². The zero-order valence-corrected chi connectivity index (χ0v) is 12.9. The number of carbonyl (C=O) groups is 1. The van der Waals surface area contributed by atoms with Crippen LogP contribution in [0.5, 0.6) is 0 Å². The molecule has 2 aliphatic rings. The Kier molecular flexibility index (Phi) is 4.10. The molecule has 0 saturated heterocycles. The highest BCUT2D eigenvalue weighted by Gasteiger charge is 2.39. The molecule has 0 radical (unpaired) electrons. The molecule has 1 aromatic carbocycles. The fraction of sp³-hybridized carbons (Fsp3) is 0.500. The van der Waals surface area contributed by atoms with Gasteiger partial charge in [-0.05, 0) is 67.6 Å². The van der Waals surface area contributed by atoms with Gasteiger partial charge in [0.2, 0.25) is 0 Å². The predicted molar refractivity (Wildman–Crippen MR) is 86.4 cm³/mol. The molecule has 2 bridgehead atoms. The SMILES string of the molecule is COC(=O)c1ccc(NC(=S)N[C@@H]2C[C@@H]3CC[C@H]2C3)cc1. The quantitative estimate of drug-likeness (QED) is 0.664. The number of anilines is 1. The number of hydrogen-bond acceptors (Lipinski definition) is 3. The lowest BCUT2D eigenvalue weighted by atomic mass is 9.96. The number of methoxy groups -OCH3 is 1. The zero-order valence-electron chi connectivity index (χ0n) is 12.1. The van der Waals surface area contributed by atoms with Crippen molar-refractivity contribution in [2.45, 2.75) is 31.7 Å². The van der Waals surface area contributed by atoms with Gasteiger partial charge in [-0.2, -0.15) is 0 Å². The second-order valence-corrected chi connectivity index (χ2v) is 6.36. The fourth-order valence-corrected chi connectivity index (χ4v) is 3.83. The van der Waals surface area contributed by atoms with Crippen molar-refractivity contribution in [3.8, 4) is 0 Å². The molecule has 2 saturated carbocycles. The molecule has 0 heterocycles. The van der Waals surface area contributed by atoms with E-state index in [1.807, 2.05) is 12.1 Å². The van der Waals surface area contributed by atoms with Gasteiger partial charge in [-0.1, -0.05) is 6.42 Å². The highest BCUT2D eigenvalue weighted by atomic mass is 32.1. The number of nitrogens with one attached hydrogen (secondary N) is 2. The average molecular weight is 304 g/mol. The van der Waals surface area contributed by atoms with Crippen LogP contribution in [0.1, 0.15) is 36.0 Å². The number of rotatable bonds is 3. The Morgan fingerprint density at radius 1 is 1.24 bits per heavy atom. The molecule has 0 spiro atoms. The minimum absolute atomic E-state index is 0.329. The lowest BCUT2D eigenvalue weighted by molar-refractivity contribution is 0.0601. The number of hydrogen-bond donors (Lipinski definition) is 2. The Morgan fingerprint density at radius 2 is 2.00 bits per heavy atom. The van der Waals surface area contributed by atoms with Crippen LogP contribution < -0.4 is 10.6 Å². The van der Waals surface area contributed by atoms with Crippen molar-refractivity contribution in [3.63, 3.8) is 0 Å². The van der Waals surface area contributed by atoms with Crippen LogP contribution >= 0.6 is 12.2 Å². The second kappa shape index (κ2) is 6.02. The minimum Gasteiger partial charge on any atom is -0.465 e. The highest BCUT2D eigenvalue weighted by Crippen LogP contribution is 2.44. The summed E-state index contributed by atoms with van der Waals surface area (Å²) < 4.78 is 4.68. The summed E-state index contributed by atoms with van der Waals surface area (Å²) in [6.45, 7) is 0. The molecule has 0 aliphatic heterocycles. The first kappa shape index (κ1) is 14.3. The average Bonchev–Trinajstić information content (AvgIpc) is 3.09.